The second-order valence-electron chi connectivity index (χ2n) is 4.17. The number of nitrogens with zero attached hydrogens (tertiary/aromatic N) is 2. The van der Waals surface area contributed by atoms with Gasteiger partial charge in [0.05, 0.1) is 18.8 Å². The molecule has 0 amide bonds. The minimum Gasteiger partial charge on any atom is -0.383 e. The molecule has 5 nitrogen and oxygen atoms in total. The molecule has 2 rings (SSSR count). The van der Waals surface area contributed by atoms with Crippen LogP contribution in [0.1, 0.15) is 17.7 Å². The molecule has 2 N–H and O–H groups in total. The highest BCUT2D eigenvalue weighted by atomic mass is 16.5. The first-order chi connectivity index (χ1) is 7.70. The van der Waals surface area contributed by atoms with Crippen LogP contribution in [-0.4, -0.2) is 29.5 Å². The van der Waals surface area contributed by atoms with Gasteiger partial charge in [0.25, 0.3) is 5.56 Å². The summed E-state index contributed by atoms with van der Waals surface area (Å²) in [7, 11) is 1.61. The third kappa shape index (κ3) is 2.31. The van der Waals surface area contributed by atoms with E-state index >= 15 is 0 Å². The zero-order valence-corrected chi connectivity index (χ0v) is 9.48. The van der Waals surface area contributed by atoms with E-state index in [1.165, 1.54) is 4.68 Å². The van der Waals surface area contributed by atoms with Gasteiger partial charge < -0.3 is 10.5 Å². The third-order valence-electron chi connectivity index (χ3n) is 2.91. The lowest BCUT2D eigenvalue weighted by atomic mass is 9.93. The zero-order valence-electron chi connectivity index (χ0n) is 9.48. The van der Waals surface area contributed by atoms with E-state index in [1.54, 1.807) is 13.2 Å². The van der Waals surface area contributed by atoms with Crippen LogP contribution in [0, 0.1) is 0 Å². The molecule has 0 spiro atoms. The Bertz CT molecular complexity index is 428. The maximum Gasteiger partial charge on any atom is 0.267 e. The highest BCUT2D eigenvalue weighted by Crippen LogP contribution is 2.16. The minimum atomic E-state index is -0.0649. The van der Waals surface area contributed by atoms with Crippen LogP contribution < -0.4 is 11.3 Å². The molecule has 0 radical (unpaired) electrons. The highest BCUT2D eigenvalue weighted by molar-refractivity contribution is 5.22. The molecule has 0 bridgehead atoms. The SMILES string of the molecule is COCCn1nc2c(cc1=O)C[C@H](N)CC2. The Morgan fingerprint density at radius 3 is 3.25 bits per heavy atom. The molecular weight excluding hydrogens is 206 g/mol. The molecule has 1 aromatic heterocycles. The summed E-state index contributed by atoms with van der Waals surface area (Å²) in [6, 6.07) is 1.83. The van der Waals surface area contributed by atoms with E-state index in [0.717, 1.165) is 30.5 Å². The van der Waals surface area contributed by atoms with E-state index in [4.69, 9.17) is 10.5 Å². The van der Waals surface area contributed by atoms with E-state index in [2.05, 4.69) is 5.10 Å². The largest absolute Gasteiger partial charge is 0.383 e. The van der Waals surface area contributed by atoms with Crippen molar-refractivity contribution in [1.29, 1.82) is 0 Å². The average Bonchev–Trinajstić information content (AvgIpc) is 2.26. The van der Waals surface area contributed by atoms with Gasteiger partial charge in [-0.15, -0.1) is 0 Å². The Morgan fingerprint density at radius 2 is 2.50 bits per heavy atom. The predicted molar refractivity (Wildman–Crippen MR) is 60.4 cm³/mol. The van der Waals surface area contributed by atoms with Gasteiger partial charge in [-0.25, -0.2) is 4.68 Å². The molecule has 0 aliphatic heterocycles. The van der Waals surface area contributed by atoms with Crippen LogP contribution in [0.4, 0.5) is 0 Å². The third-order valence-corrected chi connectivity index (χ3v) is 2.91. The molecule has 0 aromatic carbocycles. The van der Waals surface area contributed by atoms with E-state index in [-0.39, 0.29) is 11.6 Å². The van der Waals surface area contributed by atoms with Crippen LogP contribution in [-0.2, 0) is 24.1 Å². The van der Waals surface area contributed by atoms with Crippen LogP contribution >= 0.6 is 0 Å². The lowest BCUT2D eigenvalue weighted by molar-refractivity contribution is 0.181. The van der Waals surface area contributed by atoms with Crippen molar-refractivity contribution in [3.05, 3.63) is 27.7 Å². The first-order valence-electron chi connectivity index (χ1n) is 5.55. The average molecular weight is 223 g/mol. The molecule has 1 aliphatic carbocycles. The van der Waals surface area contributed by atoms with E-state index in [0.29, 0.717) is 13.2 Å². The number of hydrogen-bond acceptors (Lipinski definition) is 4. The topological polar surface area (TPSA) is 70.1 Å². The van der Waals surface area contributed by atoms with Gasteiger partial charge in [0.1, 0.15) is 0 Å². The molecule has 5 heteroatoms. The molecule has 1 aliphatic rings. The summed E-state index contributed by atoms with van der Waals surface area (Å²) in [4.78, 5) is 11.7. The zero-order chi connectivity index (χ0) is 11.5. The number of aryl methyl sites for hydroxylation is 1. The number of fused-ring (bicyclic) bond motifs is 1. The number of ether oxygens (including phenoxy) is 1. The standard InChI is InChI=1S/C11H17N3O2/c1-16-5-4-14-11(15)7-8-6-9(12)2-3-10(8)13-14/h7,9H,2-6,12H2,1H3/t9-/m1/s1. The molecule has 88 valence electrons. The molecule has 1 atom stereocenters. The Labute approximate surface area is 94.2 Å². The summed E-state index contributed by atoms with van der Waals surface area (Å²) >= 11 is 0. The normalized spacial score (nSPS) is 19.5. The minimum absolute atomic E-state index is 0.0649. The maximum absolute atomic E-state index is 11.7. The van der Waals surface area contributed by atoms with Crippen molar-refractivity contribution in [1.82, 2.24) is 9.78 Å². The second kappa shape index (κ2) is 4.76. The summed E-state index contributed by atoms with van der Waals surface area (Å²) in [6.07, 6.45) is 2.58. The first-order valence-corrected chi connectivity index (χ1v) is 5.55. The Kier molecular flexibility index (Phi) is 3.36. The molecule has 0 unspecified atom stereocenters. The van der Waals surface area contributed by atoms with Gasteiger partial charge in [0.15, 0.2) is 0 Å². The maximum atomic E-state index is 11.7. The number of rotatable bonds is 3. The molecule has 1 heterocycles. The van der Waals surface area contributed by atoms with Crippen molar-refractivity contribution < 1.29 is 4.74 Å². The van der Waals surface area contributed by atoms with E-state index in [1.807, 2.05) is 0 Å². The monoisotopic (exact) mass is 223 g/mol. The van der Waals surface area contributed by atoms with Crippen molar-refractivity contribution in [2.75, 3.05) is 13.7 Å². The first kappa shape index (κ1) is 11.3. The fourth-order valence-electron chi connectivity index (χ4n) is 2.00. The summed E-state index contributed by atoms with van der Waals surface area (Å²) in [5.41, 5.74) is 7.82. The number of hydrogen-bond donors (Lipinski definition) is 1. The number of nitrogens with two attached hydrogens (primary N) is 1. The van der Waals surface area contributed by atoms with Crippen LogP contribution in [0.5, 0.6) is 0 Å². The molecule has 1 aromatic rings. The predicted octanol–water partition coefficient (Wildman–Crippen LogP) is -0.294. The van der Waals surface area contributed by atoms with Crippen molar-refractivity contribution in [3.8, 4) is 0 Å². The molecule has 0 saturated heterocycles. The van der Waals surface area contributed by atoms with Crippen LogP contribution in [0.25, 0.3) is 0 Å². The summed E-state index contributed by atoms with van der Waals surface area (Å²) in [6.45, 7) is 1.01. The molecule has 0 saturated carbocycles. The summed E-state index contributed by atoms with van der Waals surface area (Å²) < 4.78 is 6.41. The van der Waals surface area contributed by atoms with Crippen molar-refractivity contribution in [2.45, 2.75) is 31.8 Å². The Morgan fingerprint density at radius 1 is 1.69 bits per heavy atom. The van der Waals surface area contributed by atoms with E-state index < -0.39 is 0 Å². The number of aromatic nitrogens is 2. The number of methoxy groups -OCH3 is 1. The highest BCUT2D eigenvalue weighted by Gasteiger charge is 2.18. The summed E-state index contributed by atoms with van der Waals surface area (Å²) in [5, 5.41) is 4.35. The van der Waals surface area contributed by atoms with Crippen LogP contribution in [0.3, 0.4) is 0 Å². The van der Waals surface area contributed by atoms with Crippen molar-refractivity contribution in [3.63, 3.8) is 0 Å². The van der Waals surface area contributed by atoms with Gasteiger partial charge in [-0.2, -0.15) is 5.10 Å². The van der Waals surface area contributed by atoms with Crippen molar-refractivity contribution >= 4 is 0 Å². The smallest absolute Gasteiger partial charge is 0.267 e. The van der Waals surface area contributed by atoms with Gasteiger partial charge >= 0.3 is 0 Å². The van der Waals surface area contributed by atoms with Gasteiger partial charge in [-0.05, 0) is 24.8 Å². The Balaban J connectivity index is 2.27. The fourth-order valence-corrected chi connectivity index (χ4v) is 2.00. The van der Waals surface area contributed by atoms with Crippen molar-refractivity contribution in [2.24, 2.45) is 5.73 Å². The Hall–Kier alpha value is -1.20. The van der Waals surface area contributed by atoms with E-state index in [9.17, 15) is 4.79 Å². The second-order valence-corrected chi connectivity index (χ2v) is 4.17. The lowest BCUT2D eigenvalue weighted by Crippen LogP contribution is -2.33. The van der Waals surface area contributed by atoms with Gasteiger partial charge in [-0.3, -0.25) is 4.79 Å². The lowest BCUT2D eigenvalue weighted by Gasteiger charge is -2.20. The molecule has 16 heavy (non-hydrogen) atoms. The van der Waals surface area contributed by atoms with Gasteiger partial charge in [-0.1, -0.05) is 0 Å². The quantitative estimate of drug-likeness (QED) is 0.764. The molecule has 0 fully saturated rings. The summed E-state index contributed by atoms with van der Waals surface area (Å²) in [5.74, 6) is 0. The fraction of sp³-hybridized carbons (Fsp3) is 0.636. The van der Waals surface area contributed by atoms with Crippen LogP contribution in [0.15, 0.2) is 10.9 Å². The van der Waals surface area contributed by atoms with Gasteiger partial charge in [0, 0.05) is 19.2 Å². The van der Waals surface area contributed by atoms with Crippen LogP contribution in [0.2, 0.25) is 0 Å². The molecular formula is C11H17N3O2. The van der Waals surface area contributed by atoms with Gasteiger partial charge in [0.2, 0.25) is 0 Å².